The summed E-state index contributed by atoms with van der Waals surface area (Å²) in [6, 6.07) is 1.67. The molecule has 1 aromatic rings. The minimum absolute atomic E-state index is 0.106. The number of hydrogen-bond acceptors (Lipinski definition) is 5. The van der Waals surface area contributed by atoms with E-state index in [0.717, 1.165) is 25.7 Å². The van der Waals surface area contributed by atoms with Crippen molar-refractivity contribution in [3.05, 3.63) is 17.5 Å². The van der Waals surface area contributed by atoms with Gasteiger partial charge in [0.1, 0.15) is 5.69 Å². The van der Waals surface area contributed by atoms with Gasteiger partial charge in [-0.15, -0.1) is 0 Å². The van der Waals surface area contributed by atoms with Gasteiger partial charge < -0.3 is 15.7 Å². The van der Waals surface area contributed by atoms with E-state index in [1.165, 1.54) is 0 Å². The fraction of sp³-hybridized carbons (Fsp3) is 0.688. The van der Waals surface area contributed by atoms with Crippen molar-refractivity contribution in [2.24, 2.45) is 11.8 Å². The van der Waals surface area contributed by atoms with Gasteiger partial charge in [0.25, 0.3) is 5.91 Å². The number of amides is 1. The molecule has 22 heavy (non-hydrogen) atoms. The molecule has 0 radical (unpaired) electrons. The summed E-state index contributed by atoms with van der Waals surface area (Å²) in [5.74, 6) is 0.591. The zero-order chi connectivity index (χ0) is 15.9. The van der Waals surface area contributed by atoms with Gasteiger partial charge in [0, 0.05) is 24.7 Å². The first kappa shape index (κ1) is 15.2. The van der Waals surface area contributed by atoms with Gasteiger partial charge in [-0.25, -0.2) is 9.97 Å². The monoisotopic (exact) mass is 304 g/mol. The molecule has 0 aromatic carbocycles. The van der Waals surface area contributed by atoms with Crippen LogP contribution in [0, 0.1) is 18.8 Å². The van der Waals surface area contributed by atoms with Crippen molar-refractivity contribution in [3.63, 3.8) is 0 Å². The summed E-state index contributed by atoms with van der Waals surface area (Å²) in [7, 11) is 0. The third-order valence-electron chi connectivity index (χ3n) is 5.31. The first-order valence-electron chi connectivity index (χ1n) is 8.06. The van der Waals surface area contributed by atoms with Gasteiger partial charge in [-0.3, -0.25) is 4.79 Å². The Kier molecular flexibility index (Phi) is 3.80. The van der Waals surface area contributed by atoms with Crippen molar-refractivity contribution in [3.8, 4) is 0 Å². The van der Waals surface area contributed by atoms with Crippen LogP contribution in [0.3, 0.4) is 0 Å². The summed E-state index contributed by atoms with van der Waals surface area (Å²) in [5, 5.41) is 10.8. The topological polar surface area (TPSA) is 92.3 Å². The van der Waals surface area contributed by atoms with Crippen molar-refractivity contribution in [2.45, 2.75) is 45.1 Å². The van der Waals surface area contributed by atoms with E-state index in [4.69, 9.17) is 5.73 Å². The Morgan fingerprint density at radius 3 is 2.95 bits per heavy atom. The van der Waals surface area contributed by atoms with Gasteiger partial charge in [-0.1, -0.05) is 13.3 Å². The van der Waals surface area contributed by atoms with Gasteiger partial charge in [0.15, 0.2) is 0 Å². The maximum absolute atomic E-state index is 12.7. The molecule has 0 spiro atoms. The average Bonchev–Trinajstić information content (AvgIpc) is 2.91. The fourth-order valence-electron chi connectivity index (χ4n) is 4.10. The smallest absolute Gasteiger partial charge is 0.272 e. The van der Waals surface area contributed by atoms with Gasteiger partial charge in [0.2, 0.25) is 5.95 Å². The molecule has 0 bridgehead atoms. The molecule has 120 valence electrons. The Balaban J connectivity index is 1.81. The third-order valence-corrected chi connectivity index (χ3v) is 5.31. The van der Waals surface area contributed by atoms with Crippen LogP contribution >= 0.6 is 0 Å². The van der Waals surface area contributed by atoms with E-state index in [-0.39, 0.29) is 17.8 Å². The highest BCUT2D eigenvalue weighted by Gasteiger charge is 2.48. The summed E-state index contributed by atoms with van der Waals surface area (Å²) >= 11 is 0. The van der Waals surface area contributed by atoms with Crippen molar-refractivity contribution < 1.29 is 9.90 Å². The van der Waals surface area contributed by atoms with Crippen molar-refractivity contribution in [1.29, 1.82) is 0 Å². The number of fused-ring (bicyclic) bond motifs is 1. The molecule has 2 fully saturated rings. The van der Waals surface area contributed by atoms with Gasteiger partial charge in [0.05, 0.1) is 5.60 Å². The maximum Gasteiger partial charge on any atom is 0.272 e. The Bertz CT molecular complexity index is 571. The van der Waals surface area contributed by atoms with Crippen LogP contribution in [0.1, 0.15) is 48.8 Å². The van der Waals surface area contributed by atoms with Crippen molar-refractivity contribution in [2.75, 3.05) is 18.8 Å². The number of anilines is 1. The first-order valence-corrected chi connectivity index (χ1v) is 8.06. The molecule has 1 saturated carbocycles. The van der Waals surface area contributed by atoms with Crippen LogP contribution in [0.15, 0.2) is 6.07 Å². The molecule has 1 aliphatic carbocycles. The Hall–Kier alpha value is -1.69. The molecule has 3 N–H and O–H groups in total. The SMILES string of the molecule is CC[C@@]1(O)CCC[C@@H]2CN(C(=O)c3cc(C)nc(N)n3)C[C@@H]21. The van der Waals surface area contributed by atoms with Crippen LogP contribution in [0.2, 0.25) is 0 Å². The van der Waals surface area contributed by atoms with Crippen LogP contribution in [-0.2, 0) is 0 Å². The van der Waals surface area contributed by atoms with Gasteiger partial charge in [-0.05, 0) is 38.2 Å². The Morgan fingerprint density at radius 1 is 1.50 bits per heavy atom. The first-order chi connectivity index (χ1) is 10.4. The summed E-state index contributed by atoms with van der Waals surface area (Å²) in [6.07, 6.45) is 3.71. The van der Waals surface area contributed by atoms with E-state index >= 15 is 0 Å². The van der Waals surface area contributed by atoms with Crippen LogP contribution in [-0.4, -0.2) is 44.6 Å². The lowest BCUT2D eigenvalue weighted by atomic mass is 9.69. The van der Waals surface area contributed by atoms with E-state index in [9.17, 15) is 9.90 Å². The normalized spacial score (nSPS) is 31.1. The average molecular weight is 304 g/mol. The molecule has 3 atom stereocenters. The van der Waals surface area contributed by atoms with Crippen LogP contribution in [0.5, 0.6) is 0 Å². The number of hydrogen-bond donors (Lipinski definition) is 2. The van der Waals surface area contributed by atoms with Crippen LogP contribution in [0.4, 0.5) is 5.95 Å². The Morgan fingerprint density at radius 2 is 2.27 bits per heavy atom. The number of likely N-dealkylation sites (tertiary alicyclic amines) is 1. The Labute approximate surface area is 130 Å². The minimum Gasteiger partial charge on any atom is -0.390 e. The summed E-state index contributed by atoms with van der Waals surface area (Å²) in [5.41, 5.74) is 6.06. The lowest BCUT2D eigenvalue weighted by Crippen LogP contribution is -2.44. The van der Waals surface area contributed by atoms with E-state index < -0.39 is 5.60 Å². The maximum atomic E-state index is 12.7. The number of carbonyl (C=O) groups excluding carboxylic acids is 1. The molecule has 2 heterocycles. The third kappa shape index (κ3) is 2.56. The molecule has 6 heteroatoms. The van der Waals surface area contributed by atoms with E-state index in [1.54, 1.807) is 13.0 Å². The molecule has 1 aromatic heterocycles. The largest absolute Gasteiger partial charge is 0.390 e. The zero-order valence-electron chi connectivity index (χ0n) is 13.2. The number of carbonyl (C=O) groups is 1. The summed E-state index contributed by atoms with van der Waals surface area (Å²) < 4.78 is 0. The van der Waals surface area contributed by atoms with Gasteiger partial charge in [-0.2, -0.15) is 0 Å². The predicted molar refractivity (Wildman–Crippen MR) is 83.2 cm³/mol. The molecule has 6 nitrogen and oxygen atoms in total. The molecule has 1 aliphatic heterocycles. The van der Waals surface area contributed by atoms with E-state index in [0.29, 0.717) is 30.4 Å². The predicted octanol–water partition coefficient (Wildman–Crippen LogP) is 1.38. The number of aromatic nitrogens is 2. The highest BCUT2D eigenvalue weighted by atomic mass is 16.3. The number of aliphatic hydroxyl groups is 1. The zero-order valence-corrected chi connectivity index (χ0v) is 13.2. The number of nitrogens with two attached hydrogens (primary N) is 1. The molecular weight excluding hydrogens is 280 g/mol. The van der Waals surface area contributed by atoms with Crippen LogP contribution < -0.4 is 5.73 Å². The lowest BCUT2D eigenvalue weighted by molar-refractivity contribution is -0.0609. The minimum atomic E-state index is -0.626. The summed E-state index contributed by atoms with van der Waals surface area (Å²) in [4.78, 5) is 22.6. The number of nitrogen functional groups attached to an aromatic ring is 1. The number of nitrogens with zero attached hydrogens (tertiary/aromatic N) is 3. The van der Waals surface area contributed by atoms with Crippen molar-refractivity contribution in [1.82, 2.24) is 14.9 Å². The quantitative estimate of drug-likeness (QED) is 0.861. The molecule has 2 aliphatic rings. The fourth-order valence-corrected chi connectivity index (χ4v) is 4.10. The molecular formula is C16H24N4O2. The second-order valence-corrected chi connectivity index (χ2v) is 6.68. The van der Waals surface area contributed by atoms with Crippen LogP contribution in [0.25, 0.3) is 0 Å². The molecule has 3 rings (SSSR count). The van der Waals surface area contributed by atoms with Gasteiger partial charge >= 0.3 is 0 Å². The number of rotatable bonds is 2. The van der Waals surface area contributed by atoms with E-state index in [1.807, 2.05) is 11.8 Å². The highest BCUT2D eigenvalue weighted by Crippen LogP contribution is 2.44. The molecule has 1 amide bonds. The summed E-state index contributed by atoms with van der Waals surface area (Å²) in [6.45, 7) is 5.14. The second-order valence-electron chi connectivity index (χ2n) is 6.68. The van der Waals surface area contributed by atoms with E-state index in [2.05, 4.69) is 9.97 Å². The lowest BCUT2D eigenvalue weighted by Gasteiger charge is -2.40. The molecule has 0 unspecified atom stereocenters. The molecule has 1 saturated heterocycles. The highest BCUT2D eigenvalue weighted by molar-refractivity contribution is 5.92. The van der Waals surface area contributed by atoms with Crippen molar-refractivity contribution >= 4 is 11.9 Å². The number of aryl methyl sites for hydroxylation is 1. The second kappa shape index (κ2) is 5.50. The standard InChI is InChI=1S/C16H24N4O2/c1-3-16(22)6-4-5-11-8-20(9-12(11)16)14(21)13-7-10(2)18-15(17)19-13/h7,11-12,22H,3-6,8-9H2,1-2H3,(H2,17,18,19)/t11-,12+,16-/m1/s1.